The SMILES string of the molecule is C=C1C=C(C(C)(C)C)C(O)=C(C=N[C@@H]2CCCC[C@H]2N=Cc2cccc(C(C)(C)C)c2O)C1.[Cl-].[Co]. The Morgan fingerprint density at radius 2 is 1.49 bits per heavy atom. The van der Waals surface area contributed by atoms with Crippen LogP contribution < -0.4 is 12.4 Å². The Morgan fingerprint density at radius 3 is 2.03 bits per heavy atom. The molecule has 0 bridgehead atoms. The van der Waals surface area contributed by atoms with Crippen molar-refractivity contribution in [1.82, 2.24) is 0 Å². The number of para-hydroxylation sites is 1. The van der Waals surface area contributed by atoms with Gasteiger partial charge in [0.05, 0.1) is 12.1 Å². The minimum Gasteiger partial charge on any atom is -1.00 e. The summed E-state index contributed by atoms with van der Waals surface area (Å²) in [6.07, 6.45) is 10.5. The molecular formula is C29H40ClCoN2O2-. The van der Waals surface area contributed by atoms with Crippen LogP contribution in [0.15, 0.2) is 63.3 Å². The molecule has 0 spiro atoms. The number of phenolic OH excluding ortho intramolecular Hbond substituents is 1. The van der Waals surface area contributed by atoms with Crippen molar-refractivity contribution in [3.8, 4) is 5.75 Å². The van der Waals surface area contributed by atoms with Crippen molar-refractivity contribution >= 4 is 12.4 Å². The van der Waals surface area contributed by atoms with Crippen molar-refractivity contribution in [2.75, 3.05) is 0 Å². The second-order valence-electron chi connectivity index (χ2n) is 11.5. The molecule has 4 nitrogen and oxygen atoms in total. The molecule has 0 unspecified atom stereocenters. The van der Waals surface area contributed by atoms with Crippen molar-refractivity contribution < 1.29 is 39.4 Å². The van der Waals surface area contributed by atoms with E-state index in [2.05, 4.69) is 48.1 Å². The van der Waals surface area contributed by atoms with Crippen molar-refractivity contribution in [2.45, 2.75) is 91.1 Å². The standard InChI is InChI=1S/C29H40N2O2.ClH.Co/c1-19-15-21(27(33)23(16-19)29(5,6)7)18-31-25-14-9-8-13-24(25)30-17-20-11-10-12-22(26(20)32)28(2,3)4;;/h10-12,16-18,24-25,32-33H,1,8-9,13-15H2,2-7H3;1H;/p-1/t24-,25-;;/m1../s1. The smallest absolute Gasteiger partial charge is 0.128 e. The molecule has 0 aliphatic heterocycles. The molecule has 195 valence electrons. The zero-order valence-electron chi connectivity index (χ0n) is 21.9. The van der Waals surface area contributed by atoms with Gasteiger partial charge in [0, 0.05) is 46.8 Å². The first-order chi connectivity index (χ1) is 15.4. The summed E-state index contributed by atoms with van der Waals surface area (Å²) in [5.41, 5.74) is 4.11. The Bertz CT molecular complexity index is 1030. The summed E-state index contributed by atoms with van der Waals surface area (Å²) < 4.78 is 0. The van der Waals surface area contributed by atoms with E-state index in [-0.39, 0.29) is 52.1 Å². The van der Waals surface area contributed by atoms with E-state index in [1.165, 1.54) is 0 Å². The molecule has 3 rings (SSSR count). The fourth-order valence-corrected chi connectivity index (χ4v) is 4.58. The Labute approximate surface area is 228 Å². The molecule has 1 radical (unpaired) electrons. The molecule has 1 aromatic rings. The number of rotatable bonds is 4. The van der Waals surface area contributed by atoms with E-state index in [9.17, 15) is 10.2 Å². The molecule has 0 amide bonds. The molecule has 35 heavy (non-hydrogen) atoms. The second kappa shape index (κ2) is 12.4. The van der Waals surface area contributed by atoms with Gasteiger partial charge in [-0.1, -0.05) is 84.7 Å². The number of nitrogens with zero attached hydrogens (tertiary/aromatic N) is 2. The zero-order valence-corrected chi connectivity index (χ0v) is 23.7. The van der Waals surface area contributed by atoms with Gasteiger partial charge >= 0.3 is 0 Å². The van der Waals surface area contributed by atoms with Crippen molar-refractivity contribution in [1.29, 1.82) is 0 Å². The topological polar surface area (TPSA) is 65.2 Å². The van der Waals surface area contributed by atoms with Crippen LogP contribution in [0.1, 0.15) is 84.8 Å². The number of aliphatic imine (C=N–C) groups is 2. The number of hydrogen-bond donors (Lipinski definition) is 2. The summed E-state index contributed by atoms with van der Waals surface area (Å²) in [5.74, 6) is 0.639. The van der Waals surface area contributed by atoms with Gasteiger partial charge in [-0.25, -0.2) is 0 Å². The van der Waals surface area contributed by atoms with Crippen molar-refractivity contribution in [2.24, 2.45) is 15.4 Å². The van der Waals surface area contributed by atoms with E-state index in [0.717, 1.165) is 53.5 Å². The van der Waals surface area contributed by atoms with Crippen LogP contribution in [-0.4, -0.2) is 34.7 Å². The third-order valence-electron chi connectivity index (χ3n) is 6.53. The predicted molar refractivity (Wildman–Crippen MR) is 140 cm³/mol. The van der Waals surface area contributed by atoms with Gasteiger partial charge in [0.15, 0.2) is 0 Å². The van der Waals surface area contributed by atoms with Crippen LogP contribution in [0.2, 0.25) is 0 Å². The number of halogens is 1. The quantitative estimate of drug-likeness (QED) is 0.559. The molecule has 2 atom stereocenters. The Kier molecular flexibility index (Phi) is 11.1. The van der Waals surface area contributed by atoms with Gasteiger partial charge in [-0.3, -0.25) is 9.98 Å². The Morgan fingerprint density at radius 1 is 0.914 bits per heavy atom. The fourth-order valence-electron chi connectivity index (χ4n) is 4.58. The third kappa shape index (κ3) is 7.83. The molecule has 1 aromatic carbocycles. The van der Waals surface area contributed by atoms with Crippen LogP contribution in [0.25, 0.3) is 0 Å². The van der Waals surface area contributed by atoms with Crippen molar-refractivity contribution in [3.05, 3.63) is 64.5 Å². The number of aliphatic hydroxyl groups is 1. The fraction of sp³-hybridized carbons (Fsp3) is 0.517. The summed E-state index contributed by atoms with van der Waals surface area (Å²) in [6, 6.07) is 5.99. The van der Waals surface area contributed by atoms with Crippen LogP contribution in [0.4, 0.5) is 0 Å². The minimum atomic E-state index is -0.159. The normalized spacial score (nSPS) is 21.7. The van der Waals surface area contributed by atoms with Gasteiger partial charge in [0.1, 0.15) is 11.5 Å². The average Bonchev–Trinajstić information content (AvgIpc) is 2.72. The van der Waals surface area contributed by atoms with Gasteiger partial charge in [-0.15, -0.1) is 0 Å². The van der Waals surface area contributed by atoms with Crippen LogP contribution in [0.3, 0.4) is 0 Å². The monoisotopic (exact) mass is 542 g/mol. The molecule has 6 heteroatoms. The molecule has 1 fully saturated rings. The Balaban J connectivity index is 0.00000306. The van der Waals surface area contributed by atoms with Gasteiger partial charge in [0.2, 0.25) is 0 Å². The van der Waals surface area contributed by atoms with Crippen LogP contribution in [0.5, 0.6) is 5.75 Å². The molecule has 2 aliphatic carbocycles. The van der Waals surface area contributed by atoms with E-state index in [4.69, 9.17) is 9.98 Å². The van der Waals surface area contributed by atoms with Gasteiger partial charge in [-0.2, -0.15) is 0 Å². The van der Waals surface area contributed by atoms with E-state index in [1.54, 1.807) is 0 Å². The predicted octanol–water partition coefficient (Wildman–Crippen LogP) is 4.24. The molecular weight excluding hydrogens is 503 g/mol. The van der Waals surface area contributed by atoms with Crippen LogP contribution in [-0.2, 0) is 22.2 Å². The number of aromatic hydroxyl groups is 1. The number of aliphatic hydroxyl groups excluding tert-OH is 1. The largest absolute Gasteiger partial charge is 1.00 e. The summed E-state index contributed by atoms with van der Waals surface area (Å²) in [4.78, 5) is 9.76. The van der Waals surface area contributed by atoms with Crippen LogP contribution in [0, 0.1) is 5.41 Å². The minimum absolute atomic E-state index is 0. The molecule has 1 saturated carbocycles. The summed E-state index contributed by atoms with van der Waals surface area (Å²) in [5, 5.41) is 21.6. The van der Waals surface area contributed by atoms with Gasteiger partial charge in [0.25, 0.3) is 0 Å². The molecule has 2 aliphatic rings. The molecule has 0 heterocycles. The average molecular weight is 543 g/mol. The number of hydrogen-bond acceptors (Lipinski definition) is 4. The first-order valence-corrected chi connectivity index (χ1v) is 12.1. The first kappa shape index (κ1) is 31.2. The van der Waals surface area contributed by atoms with E-state index in [1.807, 2.05) is 36.7 Å². The Hall–Kier alpha value is -1.82. The third-order valence-corrected chi connectivity index (χ3v) is 6.53. The molecule has 0 aromatic heterocycles. The number of benzene rings is 1. The number of phenols is 1. The summed E-state index contributed by atoms with van der Waals surface area (Å²) in [6.45, 7) is 16.7. The van der Waals surface area contributed by atoms with E-state index >= 15 is 0 Å². The van der Waals surface area contributed by atoms with Gasteiger partial charge in [-0.05, 0) is 40.9 Å². The zero-order chi connectivity index (χ0) is 24.4. The van der Waals surface area contributed by atoms with E-state index in [0.29, 0.717) is 17.9 Å². The molecule has 2 N–H and O–H groups in total. The van der Waals surface area contributed by atoms with Gasteiger partial charge < -0.3 is 22.6 Å². The first-order valence-electron chi connectivity index (χ1n) is 12.1. The maximum Gasteiger partial charge on any atom is 0.128 e. The number of allylic oxidation sites excluding steroid dienone is 4. The maximum absolute atomic E-state index is 10.9. The van der Waals surface area contributed by atoms with Crippen molar-refractivity contribution in [3.63, 3.8) is 0 Å². The van der Waals surface area contributed by atoms with Crippen LogP contribution >= 0.6 is 0 Å². The summed E-state index contributed by atoms with van der Waals surface area (Å²) in [7, 11) is 0. The summed E-state index contributed by atoms with van der Waals surface area (Å²) >= 11 is 0. The second-order valence-corrected chi connectivity index (χ2v) is 11.5. The molecule has 0 saturated heterocycles. The maximum atomic E-state index is 10.9. The van der Waals surface area contributed by atoms with E-state index < -0.39 is 0 Å².